The van der Waals surface area contributed by atoms with E-state index in [0.29, 0.717) is 31.0 Å². The molecule has 132 valence electrons. The van der Waals surface area contributed by atoms with E-state index in [-0.39, 0.29) is 16.9 Å². The van der Waals surface area contributed by atoms with Crippen LogP contribution >= 0.6 is 23.2 Å². The van der Waals surface area contributed by atoms with Crippen LogP contribution < -0.4 is 5.32 Å². The summed E-state index contributed by atoms with van der Waals surface area (Å²) < 4.78 is 5.10. The van der Waals surface area contributed by atoms with Crippen molar-refractivity contribution in [2.45, 2.75) is 25.3 Å². The summed E-state index contributed by atoms with van der Waals surface area (Å²) in [6.07, 6.45) is 1.26. The van der Waals surface area contributed by atoms with E-state index < -0.39 is 11.4 Å². The first-order chi connectivity index (χ1) is 11.9. The zero-order valence-electron chi connectivity index (χ0n) is 13.7. The Labute approximate surface area is 155 Å². The Kier molecular flexibility index (Phi) is 5.06. The lowest BCUT2D eigenvalue weighted by atomic mass is 10.0. The number of carbonyl (C=O) groups excluding carboxylic acids is 2. The molecule has 0 aliphatic carbocycles. The van der Waals surface area contributed by atoms with Crippen molar-refractivity contribution in [3.8, 4) is 0 Å². The van der Waals surface area contributed by atoms with Gasteiger partial charge in [-0.05, 0) is 61.2 Å². The van der Waals surface area contributed by atoms with Crippen LogP contribution in [0.3, 0.4) is 0 Å². The maximum atomic E-state index is 12.7. The van der Waals surface area contributed by atoms with Gasteiger partial charge in [-0.25, -0.2) is 0 Å². The topological polar surface area (TPSA) is 62.6 Å². The van der Waals surface area contributed by atoms with Crippen molar-refractivity contribution >= 4 is 35.0 Å². The summed E-state index contributed by atoms with van der Waals surface area (Å²) in [6.45, 7) is 2.91. The molecule has 7 heteroatoms. The van der Waals surface area contributed by atoms with Gasteiger partial charge >= 0.3 is 0 Å². The van der Waals surface area contributed by atoms with Gasteiger partial charge in [0.2, 0.25) is 5.91 Å². The highest BCUT2D eigenvalue weighted by atomic mass is 35.5. The van der Waals surface area contributed by atoms with Gasteiger partial charge in [-0.2, -0.15) is 0 Å². The first kappa shape index (κ1) is 17.8. The van der Waals surface area contributed by atoms with Gasteiger partial charge in [0, 0.05) is 18.1 Å². The van der Waals surface area contributed by atoms with Gasteiger partial charge in [-0.3, -0.25) is 9.59 Å². The lowest BCUT2D eigenvalue weighted by Crippen LogP contribution is -2.52. The van der Waals surface area contributed by atoms with Gasteiger partial charge in [0.1, 0.15) is 5.54 Å². The van der Waals surface area contributed by atoms with E-state index in [0.717, 1.165) is 5.56 Å². The van der Waals surface area contributed by atoms with Crippen LogP contribution in [0.2, 0.25) is 10.2 Å². The SMILES string of the molecule is CC1(NC(=O)c2ccc(Cl)o2)CCN(CCc2cccc(Cl)c2)C1=O. The van der Waals surface area contributed by atoms with E-state index in [9.17, 15) is 9.59 Å². The van der Waals surface area contributed by atoms with Crippen LogP contribution in [0.1, 0.15) is 29.5 Å². The third-order valence-corrected chi connectivity index (χ3v) is 4.83. The van der Waals surface area contributed by atoms with Gasteiger partial charge in [-0.1, -0.05) is 23.7 Å². The molecule has 1 N–H and O–H groups in total. The normalized spacial score (nSPS) is 20.1. The second kappa shape index (κ2) is 7.10. The van der Waals surface area contributed by atoms with Crippen LogP contribution in [0, 0.1) is 0 Å². The number of halogens is 2. The molecule has 0 bridgehead atoms. The molecule has 1 fully saturated rings. The molecule has 2 heterocycles. The summed E-state index contributed by atoms with van der Waals surface area (Å²) in [5.41, 5.74) is 0.133. The van der Waals surface area contributed by atoms with E-state index in [1.165, 1.54) is 12.1 Å². The minimum atomic E-state index is -0.940. The van der Waals surface area contributed by atoms with Crippen molar-refractivity contribution in [2.75, 3.05) is 13.1 Å². The number of likely N-dealkylation sites (tertiary alicyclic amines) is 1. The van der Waals surface area contributed by atoms with Crippen molar-refractivity contribution < 1.29 is 14.0 Å². The standard InChI is InChI=1S/C18H18Cl2N2O3/c1-18(21-16(23)14-5-6-15(20)25-14)8-10-22(17(18)24)9-7-12-3-2-4-13(19)11-12/h2-6,11H,7-10H2,1H3,(H,21,23). The molecule has 2 amide bonds. The van der Waals surface area contributed by atoms with E-state index in [2.05, 4.69) is 5.32 Å². The number of nitrogens with zero attached hydrogens (tertiary/aromatic N) is 1. The summed E-state index contributed by atoms with van der Waals surface area (Å²) in [4.78, 5) is 26.7. The number of carbonyl (C=O) groups is 2. The molecule has 0 spiro atoms. The van der Waals surface area contributed by atoms with Crippen LogP contribution in [0.5, 0.6) is 0 Å². The highest BCUT2D eigenvalue weighted by Gasteiger charge is 2.44. The Morgan fingerprint density at radius 3 is 2.80 bits per heavy atom. The fourth-order valence-electron chi connectivity index (χ4n) is 2.95. The molecule has 0 radical (unpaired) electrons. The molecule has 3 rings (SSSR count). The van der Waals surface area contributed by atoms with Crippen molar-refractivity contribution in [3.05, 3.63) is 58.0 Å². The summed E-state index contributed by atoms with van der Waals surface area (Å²) in [5.74, 6) is -0.448. The van der Waals surface area contributed by atoms with E-state index in [1.807, 2.05) is 24.3 Å². The maximum Gasteiger partial charge on any atom is 0.287 e. The third kappa shape index (κ3) is 3.99. The zero-order valence-corrected chi connectivity index (χ0v) is 15.2. The summed E-state index contributed by atoms with van der Waals surface area (Å²) >= 11 is 11.7. The first-order valence-corrected chi connectivity index (χ1v) is 8.75. The predicted molar refractivity (Wildman–Crippen MR) is 95.9 cm³/mol. The van der Waals surface area contributed by atoms with Gasteiger partial charge in [-0.15, -0.1) is 0 Å². The number of nitrogens with one attached hydrogen (secondary N) is 1. The number of amides is 2. The Morgan fingerprint density at radius 2 is 2.12 bits per heavy atom. The number of rotatable bonds is 5. The maximum absolute atomic E-state index is 12.7. The molecule has 5 nitrogen and oxygen atoms in total. The molecular formula is C18H18Cl2N2O3. The predicted octanol–water partition coefficient (Wildman–Crippen LogP) is 3.55. The fraction of sp³-hybridized carbons (Fsp3) is 0.333. The first-order valence-electron chi connectivity index (χ1n) is 7.99. The van der Waals surface area contributed by atoms with E-state index >= 15 is 0 Å². The number of hydrogen-bond donors (Lipinski definition) is 1. The molecule has 1 aliphatic rings. The van der Waals surface area contributed by atoms with E-state index in [4.69, 9.17) is 27.6 Å². The molecule has 1 saturated heterocycles. The minimum Gasteiger partial charge on any atom is -0.440 e. The molecule has 1 aromatic carbocycles. The van der Waals surface area contributed by atoms with Crippen LogP contribution in [0.4, 0.5) is 0 Å². The van der Waals surface area contributed by atoms with Crippen molar-refractivity contribution in [1.29, 1.82) is 0 Å². The number of hydrogen-bond acceptors (Lipinski definition) is 3. The van der Waals surface area contributed by atoms with Crippen molar-refractivity contribution in [3.63, 3.8) is 0 Å². The Balaban J connectivity index is 1.61. The Hall–Kier alpha value is -1.98. The molecule has 1 aliphatic heterocycles. The van der Waals surface area contributed by atoms with Crippen molar-refractivity contribution in [2.24, 2.45) is 0 Å². The Bertz CT molecular complexity index is 805. The summed E-state index contributed by atoms with van der Waals surface area (Å²) in [6, 6.07) is 10.6. The molecule has 2 aromatic rings. The molecule has 0 saturated carbocycles. The summed E-state index contributed by atoms with van der Waals surface area (Å²) in [5, 5.41) is 3.58. The van der Waals surface area contributed by atoms with Crippen LogP contribution in [-0.4, -0.2) is 35.3 Å². The van der Waals surface area contributed by atoms with Crippen LogP contribution in [0.15, 0.2) is 40.8 Å². The molecule has 1 atom stereocenters. The van der Waals surface area contributed by atoms with E-state index in [1.54, 1.807) is 11.8 Å². The largest absolute Gasteiger partial charge is 0.440 e. The monoisotopic (exact) mass is 380 g/mol. The lowest BCUT2D eigenvalue weighted by Gasteiger charge is -2.24. The van der Waals surface area contributed by atoms with Gasteiger partial charge in [0.15, 0.2) is 11.0 Å². The lowest BCUT2D eigenvalue weighted by molar-refractivity contribution is -0.132. The van der Waals surface area contributed by atoms with Crippen LogP contribution in [-0.2, 0) is 11.2 Å². The molecule has 1 aromatic heterocycles. The highest BCUT2D eigenvalue weighted by molar-refractivity contribution is 6.30. The molecular weight excluding hydrogens is 363 g/mol. The van der Waals surface area contributed by atoms with Gasteiger partial charge in [0.25, 0.3) is 5.91 Å². The van der Waals surface area contributed by atoms with Gasteiger partial charge < -0.3 is 14.6 Å². The molecule has 25 heavy (non-hydrogen) atoms. The number of furan rings is 1. The second-order valence-corrected chi connectivity index (χ2v) is 7.12. The smallest absolute Gasteiger partial charge is 0.287 e. The quantitative estimate of drug-likeness (QED) is 0.862. The minimum absolute atomic E-state index is 0.0939. The van der Waals surface area contributed by atoms with Crippen molar-refractivity contribution in [1.82, 2.24) is 10.2 Å². The summed E-state index contributed by atoms with van der Waals surface area (Å²) in [7, 11) is 0. The second-order valence-electron chi connectivity index (χ2n) is 6.31. The number of benzene rings is 1. The zero-order chi connectivity index (χ0) is 18.0. The van der Waals surface area contributed by atoms with Gasteiger partial charge in [0.05, 0.1) is 0 Å². The molecule has 1 unspecified atom stereocenters. The highest BCUT2D eigenvalue weighted by Crippen LogP contribution is 2.24. The van der Waals surface area contributed by atoms with Crippen LogP contribution in [0.25, 0.3) is 0 Å². The third-order valence-electron chi connectivity index (χ3n) is 4.39. The average molecular weight is 381 g/mol. The average Bonchev–Trinajstić information content (AvgIpc) is 3.11. The fourth-order valence-corrected chi connectivity index (χ4v) is 3.31. The Morgan fingerprint density at radius 1 is 1.32 bits per heavy atom.